The van der Waals surface area contributed by atoms with Gasteiger partial charge in [0.25, 0.3) is 0 Å². The van der Waals surface area contributed by atoms with E-state index in [1.54, 1.807) is 0 Å². The summed E-state index contributed by atoms with van der Waals surface area (Å²) in [5.74, 6) is 0.648. The number of hydrogen-bond donors (Lipinski definition) is 1. The molecule has 17 heavy (non-hydrogen) atoms. The average molecular weight is 254 g/mol. The van der Waals surface area contributed by atoms with E-state index < -0.39 is 0 Å². The quantitative estimate of drug-likeness (QED) is 0.475. The van der Waals surface area contributed by atoms with Crippen molar-refractivity contribution < 1.29 is 9.53 Å². The molecule has 2 nitrogen and oxygen atoms in total. The number of allylic oxidation sites excluding steroid dienone is 2. The Balaban J connectivity index is 2.18. The Morgan fingerprint density at radius 2 is 2.35 bits per heavy atom. The highest BCUT2D eigenvalue weighted by molar-refractivity contribution is 7.81. The topological polar surface area (TPSA) is 26.3 Å². The SMILES string of the molecule is CC(C)(OC(=O)CS)C12CC=CC(CCC1)C2. The fourth-order valence-electron chi connectivity index (χ4n) is 3.46. The monoisotopic (exact) mass is 254 g/mol. The first-order valence-corrected chi connectivity index (χ1v) is 7.12. The minimum Gasteiger partial charge on any atom is -0.458 e. The summed E-state index contributed by atoms with van der Waals surface area (Å²) >= 11 is 3.99. The smallest absolute Gasteiger partial charge is 0.316 e. The lowest BCUT2D eigenvalue weighted by Crippen LogP contribution is -2.50. The van der Waals surface area contributed by atoms with Crippen LogP contribution in [0.4, 0.5) is 0 Å². The summed E-state index contributed by atoms with van der Waals surface area (Å²) in [4.78, 5) is 11.5. The Morgan fingerprint density at radius 1 is 1.59 bits per heavy atom. The molecule has 1 saturated carbocycles. The number of carbonyl (C=O) groups is 1. The van der Waals surface area contributed by atoms with Gasteiger partial charge in [-0.3, -0.25) is 4.79 Å². The predicted octanol–water partition coefficient (Wildman–Crippen LogP) is 3.37. The molecular weight excluding hydrogens is 232 g/mol. The van der Waals surface area contributed by atoms with Crippen LogP contribution in [-0.4, -0.2) is 17.3 Å². The van der Waals surface area contributed by atoms with Gasteiger partial charge in [-0.1, -0.05) is 18.6 Å². The average Bonchev–Trinajstić information content (AvgIpc) is 2.28. The maximum absolute atomic E-state index is 11.5. The van der Waals surface area contributed by atoms with Gasteiger partial charge in [-0.15, -0.1) is 0 Å². The maximum atomic E-state index is 11.5. The number of ether oxygens (including phenoxy) is 1. The zero-order valence-electron chi connectivity index (χ0n) is 10.7. The number of rotatable bonds is 3. The number of fused-ring (bicyclic) bond motifs is 2. The molecule has 2 unspecified atom stereocenters. The Kier molecular flexibility index (Phi) is 3.58. The first kappa shape index (κ1) is 13.0. The summed E-state index contributed by atoms with van der Waals surface area (Å²) < 4.78 is 5.65. The van der Waals surface area contributed by atoms with Crippen molar-refractivity contribution in [1.82, 2.24) is 0 Å². The minimum atomic E-state index is -0.379. The summed E-state index contributed by atoms with van der Waals surface area (Å²) in [6.45, 7) is 4.13. The van der Waals surface area contributed by atoms with Crippen LogP contribution in [0.25, 0.3) is 0 Å². The van der Waals surface area contributed by atoms with Gasteiger partial charge in [0.15, 0.2) is 0 Å². The highest BCUT2D eigenvalue weighted by Crippen LogP contribution is 2.53. The molecule has 0 heterocycles. The Morgan fingerprint density at radius 3 is 3.06 bits per heavy atom. The van der Waals surface area contributed by atoms with Crippen molar-refractivity contribution in [3.63, 3.8) is 0 Å². The van der Waals surface area contributed by atoms with Crippen molar-refractivity contribution >= 4 is 18.6 Å². The van der Waals surface area contributed by atoms with Gasteiger partial charge < -0.3 is 4.74 Å². The van der Waals surface area contributed by atoms with E-state index in [-0.39, 0.29) is 22.7 Å². The summed E-state index contributed by atoms with van der Waals surface area (Å²) in [5.41, 5.74) is -0.237. The minimum absolute atomic E-state index is 0.142. The molecule has 2 bridgehead atoms. The molecule has 96 valence electrons. The second-order valence-corrected chi connectivity index (χ2v) is 6.23. The van der Waals surface area contributed by atoms with E-state index in [9.17, 15) is 4.79 Å². The number of thiol groups is 1. The zero-order valence-corrected chi connectivity index (χ0v) is 11.6. The van der Waals surface area contributed by atoms with Crippen molar-refractivity contribution in [2.75, 3.05) is 5.75 Å². The first-order valence-electron chi connectivity index (χ1n) is 6.48. The predicted molar refractivity (Wildman–Crippen MR) is 72.2 cm³/mol. The van der Waals surface area contributed by atoms with E-state index in [1.807, 2.05) is 0 Å². The Hall–Kier alpha value is -0.440. The lowest BCUT2D eigenvalue weighted by atomic mass is 9.58. The molecule has 0 N–H and O–H groups in total. The van der Waals surface area contributed by atoms with Crippen LogP contribution in [0, 0.1) is 11.3 Å². The molecule has 0 saturated heterocycles. The molecule has 2 rings (SSSR count). The Labute approximate surface area is 109 Å². The van der Waals surface area contributed by atoms with Crippen molar-refractivity contribution in [2.45, 2.75) is 51.6 Å². The molecule has 0 spiro atoms. The summed E-state index contributed by atoms with van der Waals surface area (Å²) in [7, 11) is 0. The van der Waals surface area contributed by atoms with Gasteiger partial charge in [-0.25, -0.2) is 0 Å². The molecule has 0 amide bonds. The lowest BCUT2D eigenvalue weighted by molar-refractivity contribution is -0.173. The molecule has 2 aliphatic carbocycles. The van der Waals surface area contributed by atoms with Gasteiger partial charge in [0, 0.05) is 5.41 Å². The van der Waals surface area contributed by atoms with Crippen LogP contribution in [-0.2, 0) is 9.53 Å². The zero-order chi connectivity index (χ0) is 12.5. The largest absolute Gasteiger partial charge is 0.458 e. The standard InChI is InChI=1S/C14H22O2S/c1-13(2,16-12(15)10-17)14-7-3-5-11(9-14)6-4-8-14/h3,5,11,17H,4,6-10H2,1-2H3. The van der Waals surface area contributed by atoms with Crippen LogP contribution in [0.15, 0.2) is 12.2 Å². The first-order chi connectivity index (χ1) is 7.99. The normalized spacial score (nSPS) is 32.3. The van der Waals surface area contributed by atoms with E-state index in [1.165, 1.54) is 19.3 Å². The van der Waals surface area contributed by atoms with Gasteiger partial charge in [-0.2, -0.15) is 12.6 Å². The van der Waals surface area contributed by atoms with Gasteiger partial charge in [0.2, 0.25) is 0 Å². The van der Waals surface area contributed by atoms with Crippen molar-refractivity contribution in [1.29, 1.82) is 0 Å². The molecule has 0 aliphatic heterocycles. The van der Waals surface area contributed by atoms with E-state index in [0.29, 0.717) is 5.92 Å². The van der Waals surface area contributed by atoms with E-state index in [2.05, 4.69) is 38.6 Å². The molecule has 1 fully saturated rings. The summed E-state index contributed by atoms with van der Waals surface area (Å²) in [6.07, 6.45) is 10.5. The maximum Gasteiger partial charge on any atom is 0.316 e. The number of hydrogen-bond acceptors (Lipinski definition) is 3. The van der Waals surface area contributed by atoms with Crippen LogP contribution in [0.3, 0.4) is 0 Å². The highest BCUT2D eigenvalue weighted by Gasteiger charge is 2.50. The molecule has 2 aliphatic rings. The van der Waals surface area contributed by atoms with Crippen LogP contribution in [0.2, 0.25) is 0 Å². The molecule has 3 heteroatoms. The van der Waals surface area contributed by atoms with Gasteiger partial charge >= 0.3 is 5.97 Å². The van der Waals surface area contributed by atoms with Gasteiger partial charge in [-0.05, 0) is 45.4 Å². The van der Waals surface area contributed by atoms with Gasteiger partial charge in [0.05, 0.1) is 5.75 Å². The van der Waals surface area contributed by atoms with E-state index >= 15 is 0 Å². The van der Waals surface area contributed by atoms with Crippen LogP contribution < -0.4 is 0 Å². The Bertz CT molecular complexity index is 335. The lowest BCUT2D eigenvalue weighted by Gasteiger charge is -2.51. The molecule has 0 radical (unpaired) electrons. The van der Waals surface area contributed by atoms with Crippen LogP contribution >= 0.6 is 12.6 Å². The fraction of sp³-hybridized carbons (Fsp3) is 0.786. The van der Waals surface area contributed by atoms with Crippen LogP contribution in [0.5, 0.6) is 0 Å². The molecule has 0 aromatic rings. The molecule has 2 atom stereocenters. The van der Waals surface area contributed by atoms with Gasteiger partial charge in [0.1, 0.15) is 5.60 Å². The van der Waals surface area contributed by atoms with E-state index in [4.69, 9.17) is 4.74 Å². The molecule has 0 aromatic carbocycles. The van der Waals surface area contributed by atoms with Crippen LogP contribution in [0.1, 0.15) is 46.0 Å². The number of carbonyl (C=O) groups excluding carboxylic acids is 1. The molecule has 0 aromatic heterocycles. The van der Waals surface area contributed by atoms with E-state index in [0.717, 1.165) is 12.8 Å². The second-order valence-electron chi connectivity index (χ2n) is 5.91. The van der Waals surface area contributed by atoms with Crippen molar-refractivity contribution in [3.05, 3.63) is 12.2 Å². The number of esters is 1. The molecular formula is C14H22O2S. The fourth-order valence-corrected chi connectivity index (χ4v) is 3.53. The highest BCUT2D eigenvalue weighted by atomic mass is 32.1. The van der Waals surface area contributed by atoms with Crippen molar-refractivity contribution in [3.8, 4) is 0 Å². The third kappa shape index (κ3) is 2.40. The third-order valence-electron chi connectivity index (χ3n) is 4.58. The van der Waals surface area contributed by atoms with Crippen molar-refractivity contribution in [2.24, 2.45) is 11.3 Å². The summed E-state index contributed by atoms with van der Waals surface area (Å²) in [5, 5.41) is 0. The summed E-state index contributed by atoms with van der Waals surface area (Å²) in [6, 6.07) is 0. The third-order valence-corrected chi connectivity index (χ3v) is 4.83. The second kappa shape index (κ2) is 4.68.